The fraction of sp³-hybridized carbons (Fsp3) is 0.238. The Morgan fingerprint density at radius 3 is 2.41 bits per heavy atom. The Morgan fingerprint density at radius 2 is 1.75 bits per heavy atom. The van der Waals surface area contributed by atoms with E-state index in [1.165, 1.54) is 19.1 Å². The van der Waals surface area contributed by atoms with E-state index in [1.807, 2.05) is 19.1 Å². The Kier molecular flexibility index (Phi) is 7.67. The predicted molar refractivity (Wildman–Crippen MR) is 120 cm³/mol. The van der Waals surface area contributed by atoms with Gasteiger partial charge >= 0.3 is 5.97 Å². The van der Waals surface area contributed by atoms with Gasteiger partial charge in [-0.25, -0.2) is 8.42 Å². The van der Waals surface area contributed by atoms with Crippen LogP contribution in [0.3, 0.4) is 0 Å². The first kappa shape index (κ1) is 23.5. The quantitative estimate of drug-likeness (QED) is 0.457. The lowest BCUT2D eigenvalue weighted by molar-refractivity contribution is -0.146. The summed E-state index contributed by atoms with van der Waals surface area (Å²) >= 11 is 0.981. The van der Waals surface area contributed by atoms with Gasteiger partial charge in [0.15, 0.2) is 5.01 Å². The summed E-state index contributed by atoms with van der Waals surface area (Å²) in [6, 6.07) is 14.1. The largest absolute Gasteiger partial charge is 0.457 e. The van der Waals surface area contributed by atoms with Gasteiger partial charge in [-0.3, -0.25) is 9.59 Å². The van der Waals surface area contributed by atoms with Crippen molar-refractivity contribution >= 4 is 38.9 Å². The molecule has 9 nitrogen and oxygen atoms in total. The fourth-order valence-corrected chi connectivity index (χ4v) is 4.48. The number of aromatic nitrogens is 2. The molecule has 1 aromatic heterocycles. The second-order valence-corrected chi connectivity index (χ2v) is 9.55. The fourth-order valence-electron chi connectivity index (χ4n) is 2.62. The number of sulfonamides is 1. The van der Waals surface area contributed by atoms with Gasteiger partial charge < -0.3 is 10.1 Å². The lowest BCUT2D eigenvalue weighted by Crippen LogP contribution is -2.39. The highest BCUT2D eigenvalue weighted by Crippen LogP contribution is 2.16. The van der Waals surface area contributed by atoms with Crippen molar-refractivity contribution in [2.24, 2.45) is 0 Å². The summed E-state index contributed by atoms with van der Waals surface area (Å²) in [6.45, 7) is 3.19. The summed E-state index contributed by atoms with van der Waals surface area (Å²) in [6.07, 6.45) is 0.902. The topological polar surface area (TPSA) is 127 Å². The Labute approximate surface area is 189 Å². The van der Waals surface area contributed by atoms with Gasteiger partial charge in [-0.1, -0.05) is 48.6 Å². The predicted octanol–water partition coefficient (Wildman–Crippen LogP) is 2.76. The van der Waals surface area contributed by atoms with Crippen LogP contribution >= 0.6 is 11.3 Å². The number of carbonyl (C=O) groups excluding carboxylic acids is 2. The van der Waals surface area contributed by atoms with Crippen molar-refractivity contribution in [2.45, 2.75) is 37.8 Å². The SMILES string of the molecule is CCc1ccc(NC(=O)c2nnc(COC(=O)[C@H](C)NS(=O)(=O)c3ccccc3)s2)cc1. The molecule has 0 fully saturated rings. The van der Waals surface area contributed by atoms with Gasteiger partial charge in [0, 0.05) is 5.69 Å². The number of nitrogens with zero attached hydrogens (tertiary/aromatic N) is 2. The molecule has 0 spiro atoms. The van der Waals surface area contributed by atoms with Gasteiger partial charge in [-0.2, -0.15) is 4.72 Å². The van der Waals surface area contributed by atoms with Crippen LogP contribution in [0.1, 0.15) is 34.2 Å². The third-order valence-electron chi connectivity index (χ3n) is 4.36. The van der Waals surface area contributed by atoms with E-state index in [1.54, 1.807) is 30.3 Å². The molecule has 3 aromatic rings. The van der Waals surface area contributed by atoms with E-state index >= 15 is 0 Å². The second-order valence-electron chi connectivity index (χ2n) is 6.77. The Morgan fingerprint density at radius 1 is 1.06 bits per heavy atom. The van der Waals surface area contributed by atoms with Crippen molar-refractivity contribution in [3.8, 4) is 0 Å². The summed E-state index contributed by atoms with van der Waals surface area (Å²) < 4.78 is 32.0. The van der Waals surface area contributed by atoms with Crippen LogP contribution in [0.15, 0.2) is 59.5 Å². The maximum Gasteiger partial charge on any atom is 0.324 e. The molecule has 32 heavy (non-hydrogen) atoms. The van der Waals surface area contributed by atoms with Crippen LogP contribution < -0.4 is 10.0 Å². The minimum Gasteiger partial charge on any atom is -0.457 e. The first-order chi connectivity index (χ1) is 15.3. The summed E-state index contributed by atoms with van der Waals surface area (Å²) in [5, 5.41) is 10.8. The third-order valence-corrected chi connectivity index (χ3v) is 6.81. The van der Waals surface area contributed by atoms with Crippen LogP contribution in [0.25, 0.3) is 0 Å². The summed E-state index contributed by atoms with van der Waals surface area (Å²) in [7, 11) is -3.86. The second kappa shape index (κ2) is 10.4. The minimum atomic E-state index is -3.86. The zero-order valence-corrected chi connectivity index (χ0v) is 19.1. The number of esters is 1. The Balaban J connectivity index is 1.52. The first-order valence-electron chi connectivity index (χ1n) is 9.75. The van der Waals surface area contributed by atoms with Crippen LogP contribution in [-0.4, -0.2) is 36.5 Å². The molecule has 2 aromatic carbocycles. The van der Waals surface area contributed by atoms with E-state index in [0.29, 0.717) is 10.7 Å². The molecule has 11 heteroatoms. The van der Waals surface area contributed by atoms with Crippen LogP contribution in [0.5, 0.6) is 0 Å². The molecule has 2 N–H and O–H groups in total. The molecule has 0 unspecified atom stereocenters. The average Bonchev–Trinajstić information content (AvgIpc) is 3.27. The van der Waals surface area contributed by atoms with E-state index < -0.39 is 27.9 Å². The van der Waals surface area contributed by atoms with Gasteiger partial charge in [0.05, 0.1) is 4.90 Å². The number of anilines is 1. The molecule has 0 radical (unpaired) electrons. The van der Waals surface area contributed by atoms with E-state index in [-0.39, 0.29) is 16.5 Å². The molecular formula is C21H22N4O5S2. The molecule has 0 aliphatic heterocycles. The van der Waals surface area contributed by atoms with E-state index in [0.717, 1.165) is 23.3 Å². The molecule has 0 aliphatic rings. The zero-order valence-electron chi connectivity index (χ0n) is 17.4. The number of hydrogen-bond acceptors (Lipinski definition) is 8. The monoisotopic (exact) mass is 474 g/mol. The molecule has 168 valence electrons. The number of aryl methyl sites for hydroxylation is 1. The molecule has 0 saturated heterocycles. The summed E-state index contributed by atoms with van der Waals surface area (Å²) in [5.41, 5.74) is 1.79. The minimum absolute atomic E-state index is 0.0451. The van der Waals surface area contributed by atoms with Gasteiger partial charge in [0.2, 0.25) is 15.0 Å². The smallest absolute Gasteiger partial charge is 0.324 e. The Hall–Kier alpha value is -3.15. The van der Waals surface area contributed by atoms with Crippen molar-refractivity contribution in [1.82, 2.24) is 14.9 Å². The molecule has 1 heterocycles. The van der Waals surface area contributed by atoms with Gasteiger partial charge in [0.25, 0.3) is 5.91 Å². The van der Waals surface area contributed by atoms with Gasteiger partial charge in [0.1, 0.15) is 12.6 Å². The van der Waals surface area contributed by atoms with E-state index in [4.69, 9.17) is 4.74 Å². The van der Waals surface area contributed by atoms with Crippen molar-refractivity contribution in [3.63, 3.8) is 0 Å². The first-order valence-corrected chi connectivity index (χ1v) is 12.0. The van der Waals surface area contributed by atoms with Crippen molar-refractivity contribution in [2.75, 3.05) is 5.32 Å². The highest BCUT2D eigenvalue weighted by Gasteiger charge is 2.23. The van der Waals surface area contributed by atoms with E-state index in [2.05, 4.69) is 20.2 Å². The molecule has 0 bridgehead atoms. The highest BCUT2D eigenvalue weighted by molar-refractivity contribution is 7.89. The number of amides is 1. The molecule has 1 amide bonds. The van der Waals surface area contributed by atoms with Crippen molar-refractivity contribution < 1.29 is 22.7 Å². The molecule has 0 saturated carbocycles. The van der Waals surface area contributed by atoms with Crippen molar-refractivity contribution in [3.05, 3.63) is 70.2 Å². The number of nitrogens with one attached hydrogen (secondary N) is 2. The van der Waals surface area contributed by atoms with Crippen LogP contribution in [0, 0.1) is 0 Å². The van der Waals surface area contributed by atoms with Gasteiger partial charge in [-0.05, 0) is 43.2 Å². The lowest BCUT2D eigenvalue weighted by atomic mass is 10.1. The summed E-state index contributed by atoms with van der Waals surface area (Å²) in [4.78, 5) is 24.6. The standard InChI is InChI=1S/C21H22N4O5S2/c1-3-15-9-11-16(12-10-15)22-19(26)20-24-23-18(31-20)13-30-21(27)14(2)25-32(28,29)17-7-5-4-6-8-17/h4-12,14,25H,3,13H2,1-2H3,(H,22,26)/t14-/m0/s1. The molecule has 1 atom stereocenters. The number of carbonyl (C=O) groups is 2. The zero-order chi connectivity index (χ0) is 23.1. The third kappa shape index (κ3) is 6.19. The molecule has 0 aliphatic carbocycles. The number of ether oxygens (including phenoxy) is 1. The number of hydrogen-bond donors (Lipinski definition) is 2. The van der Waals surface area contributed by atoms with Crippen molar-refractivity contribution in [1.29, 1.82) is 0 Å². The number of rotatable bonds is 9. The van der Waals surface area contributed by atoms with E-state index in [9.17, 15) is 18.0 Å². The van der Waals surface area contributed by atoms with Crippen LogP contribution in [-0.2, 0) is 32.6 Å². The maximum absolute atomic E-state index is 12.3. The summed E-state index contributed by atoms with van der Waals surface area (Å²) in [5.74, 6) is -1.20. The normalized spacial score (nSPS) is 12.2. The lowest BCUT2D eigenvalue weighted by Gasteiger charge is -2.13. The molecular weight excluding hydrogens is 452 g/mol. The highest BCUT2D eigenvalue weighted by atomic mass is 32.2. The maximum atomic E-state index is 12.3. The molecule has 3 rings (SSSR count). The average molecular weight is 475 g/mol. The number of benzene rings is 2. The van der Waals surface area contributed by atoms with Crippen LogP contribution in [0.4, 0.5) is 5.69 Å². The Bertz CT molecular complexity index is 1180. The van der Waals surface area contributed by atoms with Crippen LogP contribution in [0.2, 0.25) is 0 Å². The van der Waals surface area contributed by atoms with Gasteiger partial charge in [-0.15, -0.1) is 10.2 Å².